The number of phenolic OH excluding ortho intramolecular Hbond substituents is 1. The number of phenols is 1. The average Bonchev–Trinajstić information content (AvgIpc) is 2.48. The van der Waals surface area contributed by atoms with E-state index in [1.54, 1.807) is 18.2 Å². The van der Waals surface area contributed by atoms with E-state index < -0.39 is 0 Å². The number of ketones is 2. The van der Waals surface area contributed by atoms with Crippen LogP contribution in [0, 0.1) is 6.92 Å². The van der Waals surface area contributed by atoms with Gasteiger partial charge in [-0.1, -0.05) is 48.0 Å². The lowest BCUT2D eigenvalue weighted by Crippen LogP contribution is -2.06. The van der Waals surface area contributed by atoms with E-state index >= 15 is 0 Å². The Morgan fingerprint density at radius 2 is 1.81 bits per heavy atom. The SMILES string of the molecule is Cc1ccc(O)c(C(=O)CC(=O)C=Cc2ccccc2)c1. The highest BCUT2D eigenvalue weighted by molar-refractivity contribution is 6.13. The molecular weight excluding hydrogens is 264 g/mol. The molecule has 0 unspecified atom stereocenters. The van der Waals surface area contributed by atoms with Gasteiger partial charge in [-0.05, 0) is 30.7 Å². The Balaban J connectivity index is 2.04. The molecule has 0 saturated carbocycles. The molecule has 0 bridgehead atoms. The van der Waals surface area contributed by atoms with E-state index in [1.165, 1.54) is 12.1 Å². The fraction of sp³-hybridized carbons (Fsp3) is 0.111. The van der Waals surface area contributed by atoms with Crippen molar-refractivity contribution in [1.82, 2.24) is 0 Å². The number of Topliss-reactive ketones (excluding diaryl/α,β-unsaturated/α-hetero) is 1. The Bertz CT molecular complexity index is 685. The molecule has 0 amide bonds. The first kappa shape index (κ1) is 14.7. The van der Waals surface area contributed by atoms with Crippen molar-refractivity contribution >= 4 is 17.6 Å². The van der Waals surface area contributed by atoms with Crippen LogP contribution in [0.5, 0.6) is 5.75 Å². The van der Waals surface area contributed by atoms with Gasteiger partial charge in [0.05, 0.1) is 12.0 Å². The second-order valence-electron chi connectivity index (χ2n) is 4.83. The number of rotatable bonds is 5. The van der Waals surface area contributed by atoms with Gasteiger partial charge in [-0.25, -0.2) is 0 Å². The Morgan fingerprint density at radius 3 is 2.52 bits per heavy atom. The van der Waals surface area contributed by atoms with Crippen LogP contribution in [0.2, 0.25) is 0 Å². The summed E-state index contributed by atoms with van der Waals surface area (Å²) in [5.74, 6) is -0.755. The van der Waals surface area contributed by atoms with Crippen LogP contribution >= 0.6 is 0 Å². The smallest absolute Gasteiger partial charge is 0.174 e. The molecule has 1 N–H and O–H groups in total. The van der Waals surface area contributed by atoms with Crippen LogP contribution in [0.25, 0.3) is 6.08 Å². The van der Waals surface area contributed by atoms with Crippen molar-refractivity contribution in [2.24, 2.45) is 0 Å². The Morgan fingerprint density at radius 1 is 1.10 bits per heavy atom. The van der Waals surface area contributed by atoms with Gasteiger partial charge in [0.25, 0.3) is 0 Å². The summed E-state index contributed by atoms with van der Waals surface area (Å²) in [6, 6.07) is 14.2. The number of carbonyl (C=O) groups excluding carboxylic acids is 2. The second kappa shape index (κ2) is 6.66. The molecule has 0 heterocycles. The first-order valence-corrected chi connectivity index (χ1v) is 6.65. The predicted octanol–water partition coefficient (Wildman–Crippen LogP) is 3.56. The fourth-order valence-electron chi connectivity index (χ4n) is 1.94. The van der Waals surface area contributed by atoms with E-state index in [2.05, 4.69) is 0 Å². The van der Waals surface area contributed by atoms with Crippen LogP contribution in [0.1, 0.15) is 27.9 Å². The maximum atomic E-state index is 12.0. The minimum absolute atomic E-state index is 0.0922. The van der Waals surface area contributed by atoms with Gasteiger partial charge < -0.3 is 5.11 Å². The van der Waals surface area contributed by atoms with E-state index in [9.17, 15) is 14.7 Å². The number of aromatic hydroxyl groups is 1. The van der Waals surface area contributed by atoms with Crippen molar-refractivity contribution in [2.75, 3.05) is 0 Å². The molecule has 0 aliphatic carbocycles. The molecule has 0 atom stereocenters. The number of benzene rings is 2. The summed E-state index contributed by atoms with van der Waals surface area (Å²) in [7, 11) is 0. The summed E-state index contributed by atoms with van der Waals surface area (Å²) in [4.78, 5) is 23.8. The number of hydrogen-bond acceptors (Lipinski definition) is 3. The Hall–Kier alpha value is -2.68. The minimum atomic E-state index is -0.376. The van der Waals surface area contributed by atoms with Crippen LogP contribution in [0.3, 0.4) is 0 Å². The van der Waals surface area contributed by atoms with Gasteiger partial charge in [0.1, 0.15) is 5.75 Å². The summed E-state index contributed by atoms with van der Waals surface area (Å²) in [6.07, 6.45) is 2.81. The summed E-state index contributed by atoms with van der Waals surface area (Å²) >= 11 is 0. The molecule has 0 aromatic heterocycles. The summed E-state index contributed by atoms with van der Waals surface area (Å²) in [5.41, 5.74) is 1.96. The third kappa shape index (κ3) is 4.14. The average molecular weight is 280 g/mol. The number of hydrogen-bond donors (Lipinski definition) is 1. The van der Waals surface area contributed by atoms with Crippen molar-refractivity contribution in [3.05, 3.63) is 71.3 Å². The Kier molecular flexibility index (Phi) is 4.67. The van der Waals surface area contributed by atoms with E-state index in [-0.39, 0.29) is 29.3 Å². The van der Waals surface area contributed by atoms with Crippen LogP contribution in [0.15, 0.2) is 54.6 Å². The van der Waals surface area contributed by atoms with Crippen molar-refractivity contribution in [2.45, 2.75) is 13.3 Å². The van der Waals surface area contributed by atoms with Crippen LogP contribution < -0.4 is 0 Å². The van der Waals surface area contributed by atoms with Crippen LogP contribution in [-0.4, -0.2) is 16.7 Å². The van der Waals surface area contributed by atoms with Crippen molar-refractivity contribution in [3.8, 4) is 5.75 Å². The quantitative estimate of drug-likeness (QED) is 0.517. The fourth-order valence-corrected chi connectivity index (χ4v) is 1.94. The van der Waals surface area contributed by atoms with Gasteiger partial charge >= 0.3 is 0 Å². The van der Waals surface area contributed by atoms with Gasteiger partial charge in [0.2, 0.25) is 0 Å². The van der Waals surface area contributed by atoms with E-state index in [0.717, 1.165) is 11.1 Å². The highest BCUT2D eigenvalue weighted by Gasteiger charge is 2.14. The van der Waals surface area contributed by atoms with Crippen LogP contribution in [-0.2, 0) is 4.79 Å². The summed E-state index contributed by atoms with van der Waals surface area (Å²) < 4.78 is 0. The monoisotopic (exact) mass is 280 g/mol. The third-order valence-electron chi connectivity index (χ3n) is 3.05. The molecular formula is C18H16O3. The molecule has 2 aromatic rings. The highest BCUT2D eigenvalue weighted by atomic mass is 16.3. The lowest BCUT2D eigenvalue weighted by Gasteiger charge is -2.03. The molecule has 0 radical (unpaired) electrons. The maximum Gasteiger partial charge on any atom is 0.174 e. The van der Waals surface area contributed by atoms with E-state index in [4.69, 9.17) is 0 Å². The van der Waals surface area contributed by atoms with Gasteiger partial charge in [-0.3, -0.25) is 9.59 Å². The number of aryl methyl sites for hydroxylation is 1. The molecule has 2 rings (SSSR count). The zero-order valence-corrected chi connectivity index (χ0v) is 11.7. The first-order valence-electron chi connectivity index (χ1n) is 6.65. The largest absolute Gasteiger partial charge is 0.507 e. The zero-order chi connectivity index (χ0) is 15.2. The normalized spacial score (nSPS) is 10.7. The van der Waals surface area contributed by atoms with Gasteiger partial charge in [0.15, 0.2) is 11.6 Å². The lowest BCUT2D eigenvalue weighted by atomic mass is 10.0. The topological polar surface area (TPSA) is 54.4 Å². The third-order valence-corrected chi connectivity index (χ3v) is 3.05. The molecule has 21 heavy (non-hydrogen) atoms. The molecule has 0 aliphatic rings. The molecule has 3 nitrogen and oxygen atoms in total. The van der Waals surface area contributed by atoms with Crippen molar-refractivity contribution in [3.63, 3.8) is 0 Å². The standard InChI is InChI=1S/C18H16O3/c1-13-7-10-17(20)16(11-13)18(21)12-15(19)9-8-14-5-3-2-4-6-14/h2-11,20H,12H2,1H3. The first-order chi connectivity index (χ1) is 10.1. The van der Waals surface area contributed by atoms with Gasteiger partial charge in [-0.2, -0.15) is 0 Å². The van der Waals surface area contributed by atoms with Crippen molar-refractivity contribution < 1.29 is 14.7 Å². The molecule has 0 aliphatic heterocycles. The number of allylic oxidation sites excluding steroid dienone is 1. The summed E-state index contributed by atoms with van der Waals surface area (Å²) in [5, 5.41) is 9.68. The molecule has 0 spiro atoms. The molecule has 2 aromatic carbocycles. The molecule has 3 heteroatoms. The molecule has 0 saturated heterocycles. The molecule has 0 fully saturated rings. The van der Waals surface area contributed by atoms with Gasteiger partial charge in [-0.15, -0.1) is 0 Å². The minimum Gasteiger partial charge on any atom is -0.507 e. The molecule has 106 valence electrons. The number of carbonyl (C=O) groups is 2. The Labute approximate surface area is 123 Å². The summed E-state index contributed by atoms with van der Waals surface area (Å²) in [6.45, 7) is 1.83. The van der Waals surface area contributed by atoms with E-state index in [0.29, 0.717) is 0 Å². The second-order valence-corrected chi connectivity index (χ2v) is 4.83. The maximum absolute atomic E-state index is 12.0. The highest BCUT2D eigenvalue weighted by Crippen LogP contribution is 2.20. The lowest BCUT2D eigenvalue weighted by molar-refractivity contribution is -0.113. The zero-order valence-electron chi connectivity index (χ0n) is 11.7. The van der Waals surface area contributed by atoms with Gasteiger partial charge in [0, 0.05) is 0 Å². The predicted molar refractivity (Wildman–Crippen MR) is 82.3 cm³/mol. The van der Waals surface area contributed by atoms with Crippen LogP contribution in [0.4, 0.5) is 0 Å². The van der Waals surface area contributed by atoms with Crippen molar-refractivity contribution in [1.29, 1.82) is 0 Å². The van der Waals surface area contributed by atoms with E-state index in [1.807, 2.05) is 37.3 Å².